The van der Waals surface area contributed by atoms with Crippen molar-refractivity contribution in [2.45, 2.75) is 136 Å². The summed E-state index contributed by atoms with van der Waals surface area (Å²) in [5.74, 6) is -0.718. The van der Waals surface area contributed by atoms with Crippen molar-refractivity contribution in [2.24, 2.45) is 33.0 Å². The molecule has 8 heteroatoms. The van der Waals surface area contributed by atoms with E-state index in [0.717, 1.165) is 12.8 Å². The van der Waals surface area contributed by atoms with Crippen LogP contribution in [0.4, 0.5) is 0 Å². The molecule has 0 aliphatic rings. The van der Waals surface area contributed by atoms with Crippen molar-refractivity contribution in [3.8, 4) is 0 Å². The summed E-state index contributed by atoms with van der Waals surface area (Å²) in [7, 11) is -1.49. The Balaban J connectivity index is 5.99. The average Bonchev–Trinajstić information content (AvgIpc) is 2.77. The maximum absolute atomic E-state index is 13.9. The summed E-state index contributed by atoms with van der Waals surface area (Å²) < 4.78 is 28.6. The third-order valence-corrected chi connectivity index (χ3v) is 9.69. The zero-order valence-corrected chi connectivity index (χ0v) is 29.5. The normalized spacial score (nSPS) is 16.4. The zero-order chi connectivity index (χ0) is 31.6. The van der Waals surface area contributed by atoms with Crippen LogP contribution in [0, 0.1) is 33.0 Å². The Labute approximate surface area is 248 Å². The summed E-state index contributed by atoms with van der Waals surface area (Å²) in [4.78, 5) is 27.2. The average molecular weight is 591 g/mol. The molecule has 0 bridgehead atoms. The second-order valence-corrected chi connectivity index (χ2v) is 16.2. The highest BCUT2D eigenvalue weighted by Gasteiger charge is 2.57. The van der Waals surface area contributed by atoms with Gasteiger partial charge >= 0.3 is 20.5 Å². The van der Waals surface area contributed by atoms with Gasteiger partial charge in [0, 0.05) is 0 Å². The molecule has 0 aliphatic heterocycles. The molecular weight excluding hydrogens is 527 g/mol. The van der Waals surface area contributed by atoms with E-state index in [9.17, 15) is 9.59 Å². The van der Waals surface area contributed by atoms with Gasteiger partial charge in [0.25, 0.3) is 0 Å². The Morgan fingerprint density at radius 3 is 1.80 bits per heavy atom. The molecule has 0 radical (unpaired) electrons. The van der Waals surface area contributed by atoms with Crippen LogP contribution in [0.15, 0.2) is 0 Å². The van der Waals surface area contributed by atoms with Crippen molar-refractivity contribution in [3.05, 3.63) is 0 Å². The molecule has 0 aliphatic carbocycles. The second kappa shape index (κ2) is 16.2. The standard InChI is InChI=1S/C32H63O7P/c1-16-18-19-35-26(33)25(29(8,9)10)22-30(11,12)31(13,14)32(15,23-28(5,6)7)27(34)36-20-21-38-40(37-17-2)39-24(3)4/h24-25H,16-23H2,1-15H3. The molecule has 0 N–H and O–H groups in total. The van der Waals surface area contributed by atoms with Gasteiger partial charge in [0.2, 0.25) is 0 Å². The Morgan fingerprint density at radius 2 is 1.35 bits per heavy atom. The predicted octanol–water partition coefficient (Wildman–Crippen LogP) is 9.13. The van der Waals surface area contributed by atoms with Crippen molar-refractivity contribution < 1.29 is 32.6 Å². The minimum absolute atomic E-state index is 0.0285. The van der Waals surface area contributed by atoms with Gasteiger partial charge in [0.1, 0.15) is 6.61 Å². The summed E-state index contributed by atoms with van der Waals surface area (Å²) in [5.41, 5.74) is -2.18. The van der Waals surface area contributed by atoms with Gasteiger partial charge in [-0.25, -0.2) is 0 Å². The number of hydrogen-bond donors (Lipinski definition) is 0. The van der Waals surface area contributed by atoms with Crippen LogP contribution in [0.25, 0.3) is 0 Å². The first kappa shape index (κ1) is 39.2. The van der Waals surface area contributed by atoms with Gasteiger partial charge in [-0.15, -0.1) is 0 Å². The van der Waals surface area contributed by atoms with E-state index in [2.05, 4.69) is 76.2 Å². The van der Waals surface area contributed by atoms with E-state index in [4.69, 9.17) is 23.0 Å². The van der Waals surface area contributed by atoms with Gasteiger partial charge in [0.15, 0.2) is 0 Å². The summed E-state index contributed by atoms with van der Waals surface area (Å²) in [5, 5.41) is 0. The van der Waals surface area contributed by atoms with Crippen LogP contribution in [0.3, 0.4) is 0 Å². The number of unbranched alkanes of at least 4 members (excludes halogenated alkanes) is 1. The lowest BCUT2D eigenvalue weighted by atomic mass is 9.49. The van der Waals surface area contributed by atoms with Crippen LogP contribution in [0.2, 0.25) is 0 Å². The molecule has 0 saturated heterocycles. The molecule has 0 rings (SSSR count). The largest absolute Gasteiger partial charge is 0.465 e. The van der Waals surface area contributed by atoms with Gasteiger partial charge < -0.3 is 23.0 Å². The van der Waals surface area contributed by atoms with Crippen LogP contribution in [-0.2, 0) is 32.6 Å². The van der Waals surface area contributed by atoms with Crippen molar-refractivity contribution in [3.63, 3.8) is 0 Å². The summed E-state index contributed by atoms with van der Waals surface area (Å²) in [6.07, 6.45) is 3.02. The lowest BCUT2D eigenvalue weighted by Gasteiger charge is -2.55. The Morgan fingerprint density at radius 1 is 0.775 bits per heavy atom. The molecule has 0 aromatic rings. The topological polar surface area (TPSA) is 80.3 Å². The van der Waals surface area contributed by atoms with Gasteiger partial charge in [-0.1, -0.05) is 82.6 Å². The molecule has 7 nitrogen and oxygen atoms in total. The quantitative estimate of drug-likeness (QED) is 0.0894. The van der Waals surface area contributed by atoms with Crippen molar-refractivity contribution in [2.75, 3.05) is 26.4 Å². The van der Waals surface area contributed by atoms with E-state index < -0.39 is 24.8 Å². The third-order valence-electron chi connectivity index (χ3n) is 8.24. The van der Waals surface area contributed by atoms with E-state index in [0.29, 0.717) is 26.1 Å². The van der Waals surface area contributed by atoms with Crippen LogP contribution < -0.4 is 0 Å². The molecule has 40 heavy (non-hydrogen) atoms. The summed E-state index contributed by atoms with van der Waals surface area (Å²) in [6.45, 7) is 32.4. The van der Waals surface area contributed by atoms with E-state index in [1.54, 1.807) is 0 Å². The first-order valence-corrected chi connectivity index (χ1v) is 16.2. The van der Waals surface area contributed by atoms with Crippen LogP contribution >= 0.6 is 8.60 Å². The molecular formula is C32H63O7P. The minimum Gasteiger partial charge on any atom is -0.465 e. The molecule has 0 amide bonds. The predicted molar refractivity (Wildman–Crippen MR) is 165 cm³/mol. The van der Waals surface area contributed by atoms with E-state index in [1.165, 1.54) is 0 Å². The monoisotopic (exact) mass is 590 g/mol. The Bertz CT molecular complexity index is 764. The second-order valence-electron chi connectivity index (χ2n) is 15.0. The molecule has 0 aromatic heterocycles. The highest BCUT2D eigenvalue weighted by Crippen LogP contribution is 2.59. The third kappa shape index (κ3) is 12.2. The first-order valence-electron chi connectivity index (χ1n) is 15.1. The number of hydrogen-bond acceptors (Lipinski definition) is 7. The number of esters is 2. The first-order chi connectivity index (χ1) is 18.1. The maximum Gasteiger partial charge on any atom is 0.333 e. The van der Waals surface area contributed by atoms with Gasteiger partial charge in [-0.05, 0) is 68.6 Å². The van der Waals surface area contributed by atoms with E-state index >= 15 is 0 Å². The van der Waals surface area contributed by atoms with Crippen molar-refractivity contribution in [1.82, 2.24) is 0 Å². The molecule has 0 spiro atoms. The van der Waals surface area contributed by atoms with Gasteiger partial charge in [-0.3, -0.25) is 9.59 Å². The van der Waals surface area contributed by atoms with Crippen LogP contribution in [0.5, 0.6) is 0 Å². The molecule has 3 unspecified atom stereocenters. The van der Waals surface area contributed by atoms with E-state index in [-0.39, 0.29) is 48.0 Å². The Hall–Kier alpha value is -0.750. The fourth-order valence-corrected chi connectivity index (χ4v) is 6.04. The fraction of sp³-hybridized carbons (Fsp3) is 0.938. The van der Waals surface area contributed by atoms with Gasteiger partial charge in [0.05, 0.1) is 37.3 Å². The smallest absolute Gasteiger partial charge is 0.333 e. The zero-order valence-electron chi connectivity index (χ0n) is 28.6. The molecule has 238 valence electrons. The number of ether oxygens (including phenoxy) is 2. The lowest BCUT2D eigenvalue weighted by Crippen LogP contribution is -2.54. The highest BCUT2D eigenvalue weighted by atomic mass is 31.2. The minimum atomic E-state index is -1.49. The number of carbonyl (C=O) groups excluding carboxylic acids is 2. The summed E-state index contributed by atoms with van der Waals surface area (Å²) >= 11 is 0. The van der Waals surface area contributed by atoms with Crippen LogP contribution in [-0.4, -0.2) is 44.5 Å². The molecule has 3 atom stereocenters. The van der Waals surface area contributed by atoms with Gasteiger partial charge in [-0.2, -0.15) is 0 Å². The molecule has 0 saturated carbocycles. The summed E-state index contributed by atoms with van der Waals surface area (Å²) in [6, 6.07) is 0. The SMILES string of the molecule is CCCCOC(=O)C(CC(C)(C)C(C)(C)C(C)(CC(C)(C)C)C(=O)OCCOP(OCC)OC(C)C)C(C)(C)C. The molecule has 0 heterocycles. The lowest BCUT2D eigenvalue weighted by molar-refractivity contribution is -0.177. The highest BCUT2D eigenvalue weighted by molar-refractivity contribution is 7.41. The van der Waals surface area contributed by atoms with Crippen LogP contribution in [0.1, 0.15) is 130 Å². The Kier molecular flexibility index (Phi) is 15.9. The van der Waals surface area contributed by atoms with Crippen molar-refractivity contribution >= 4 is 20.5 Å². The fourth-order valence-electron chi connectivity index (χ4n) is 5.06. The molecule has 0 aromatic carbocycles. The number of carbonyl (C=O) groups is 2. The molecule has 0 fully saturated rings. The van der Waals surface area contributed by atoms with Crippen molar-refractivity contribution in [1.29, 1.82) is 0 Å². The van der Waals surface area contributed by atoms with E-state index in [1.807, 2.05) is 27.7 Å². The number of rotatable bonds is 18. The maximum atomic E-state index is 13.9.